The van der Waals surface area contributed by atoms with Crippen LogP contribution in [0.25, 0.3) is 17.1 Å². The van der Waals surface area contributed by atoms with Crippen molar-refractivity contribution in [2.45, 2.75) is 45.1 Å². The molecule has 1 amide bonds. The van der Waals surface area contributed by atoms with E-state index in [1.54, 1.807) is 16.8 Å². The normalized spacial score (nSPS) is 16.0. The second kappa shape index (κ2) is 10.7. The molecule has 2 N–H and O–H groups in total. The Labute approximate surface area is 235 Å². The highest BCUT2D eigenvalue weighted by Gasteiger charge is 2.28. The summed E-state index contributed by atoms with van der Waals surface area (Å²) in [5.74, 6) is 0.744. The number of likely N-dealkylation sites (N-methyl/N-ethyl adjacent to an activating group) is 1. The van der Waals surface area contributed by atoms with Gasteiger partial charge in [-0.3, -0.25) is 19.6 Å². The Balaban J connectivity index is 1.46. The zero-order valence-electron chi connectivity index (χ0n) is 21.2. The van der Waals surface area contributed by atoms with E-state index >= 15 is 0 Å². The maximum absolute atomic E-state index is 13.2. The van der Waals surface area contributed by atoms with Gasteiger partial charge in [-0.05, 0) is 62.2 Å². The highest BCUT2D eigenvalue weighted by molar-refractivity contribution is 6.40. The molecule has 5 rings (SSSR count). The predicted octanol–water partition coefficient (Wildman–Crippen LogP) is 5.77. The zero-order valence-corrected chi connectivity index (χ0v) is 23.5. The Kier molecular flexibility index (Phi) is 7.51. The first-order valence-electron chi connectivity index (χ1n) is 12.4. The molecule has 0 spiro atoms. The van der Waals surface area contributed by atoms with Gasteiger partial charge in [0.25, 0.3) is 5.56 Å². The number of hydrogen-bond donors (Lipinski definition) is 2. The van der Waals surface area contributed by atoms with Gasteiger partial charge in [-0.2, -0.15) is 4.98 Å². The van der Waals surface area contributed by atoms with Crippen molar-refractivity contribution in [3.63, 3.8) is 0 Å². The van der Waals surface area contributed by atoms with E-state index in [9.17, 15) is 9.59 Å². The van der Waals surface area contributed by atoms with Gasteiger partial charge in [0.05, 0.1) is 21.8 Å². The third kappa shape index (κ3) is 5.18. The van der Waals surface area contributed by atoms with Crippen LogP contribution in [0, 0.1) is 0 Å². The summed E-state index contributed by atoms with van der Waals surface area (Å²) in [6, 6.07) is 10.6. The number of rotatable bonds is 6. The minimum absolute atomic E-state index is 0.0000198. The molecule has 2 aromatic rings. The number of aromatic nitrogens is 4. The Morgan fingerprint density at radius 1 is 1.13 bits per heavy atom. The number of carbonyl (C=O) groups excluding carboxylic acids is 1. The summed E-state index contributed by atoms with van der Waals surface area (Å²) < 4.78 is 1.62. The van der Waals surface area contributed by atoms with Crippen LogP contribution in [0.4, 0.5) is 5.69 Å². The fourth-order valence-electron chi connectivity index (χ4n) is 4.86. The quantitative estimate of drug-likeness (QED) is 0.305. The third-order valence-corrected chi connectivity index (χ3v) is 7.60. The molecule has 0 aromatic heterocycles. The summed E-state index contributed by atoms with van der Waals surface area (Å²) in [5, 5.41) is 7.28. The first-order chi connectivity index (χ1) is 18.1. The van der Waals surface area contributed by atoms with Crippen LogP contribution in [0.1, 0.15) is 49.7 Å². The molecule has 11 heteroatoms. The van der Waals surface area contributed by atoms with Gasteiger partial charge in [-0.15, -0.1) is 0 Å². The van der Waals surface area contributed by atoms with Crippen LogP contribution < -0.4 is 10.9 Å². The molecule has 3 aliphatic rings. The van der Waals surface area contributed by atoms with Gasteiger partial charge in [-0.25, -0.2) is 9.67 Å². The zero-order chi connectivity index (χ0) is 27.1. The van der Waals surface area contributed by atoms with E-state index in [2.05, 4.69) is 20.3 Å². The number of benzene rings is 2. The Morgan fingerprint density at radius 3 is 2.42 bits per heavy atom. The molecular weight excluding hydrogens is 547 g/mol. The van der Waals surface area contributed by atoms with Gasteiger partial charge in [0.1, 0.15) is 17.1 Å². The van der Waals surface area contributed by atoms with Crippen LogP contribution in [0.2, 0.25) is 15.1 Å². The van der Waals surface area contributed by atoms with E-state index in [1.165, 1.54) is 0 Å². The van der Waals surface area contributed by atoms with Crippen molar-refractivity contribution in [1.82, 2.24) is 24.6 Å². The van der Waals surface area contributed by atoms with E-state index in [0.29, 0.717) is 50.1 Å². The van der Waals surface area contributed by atoms with Crippen LogP contribution >= 0.6 is 34.8 Å². The number of aromatic amines is 1. The highest BCUT2D eigenvalue weighted by atomic mass is 35.5. The van der Waals surface area contributed by atoms with Crippen molar-refractivity contribution in [3.05, 3.63) is 78.9 Å². The standard InChI is InChI=1S/C27H27Cl3N6O2/c1-14(2)23-22-25(36(34-23)24-18(29)12-16(28)13-19(24)30)32-21(33-27(22)38)11-15-6-8-17(9-7-15)31-26(37)20-5-4-10-35(20)3/h6-9,12-14,20,34H,4-5,10-11H2,1-3H3,(H,31,37)/t20-/m0/s1. The van der Waals surface area contributed by atoms with Crippen LogP contribution in [0.3, 0.4) is 0 Å². The number of halogens is 3. The van der Waals surface area contributed by atoms with Crippen LogP contribution in [0.15, 0.2) is 41.2 Å². The molecule has 0 bridgehead atoms. The molecule has 0 unspecified atom stereocenters. The number of H-pyrrole nitrogens is 1. The summed E-state index contributed by atoms with van der Waals surface area (Å²) in [7, 11) is 1.97. The predicted molar refractivity (Wildman–Crippen MR) is 151 cm³/mol. The van der Waals surface area contributed by atoms with E-state index in [4.69, 9.17) is 39.8 Å². The van der Waals surface area contributed by atoms with Crippen LogP contribution in [0.5, 0.6) is 0 Å². The molecule has 198 valence electrons. The lowest BCUT2D eigenvalue weighted by Crippen LogP contribution is -2.37. The van der Waals surface area contributed by atoms with Crippen molar-refractivity contribution in [1.29, 1.82) is 0 Å². The first-order valence-corrected chi connectivity index (χ1v) is 13.5. The second-order valence-electron chi connectivity index (χ2n) is 9.88. The number of hydrogen-bond acceptors (Lipinski definition) is 5. The second-order valence-corrected chi connectivity index (χ2v) is 11.1. The first kappa shape index (κ1) is 26.7. The average molecular weight is 574 g/mol. The van der Waals surface area contributed by atoms with Crippen molar-refractivity contribution in [2.75, 3.05) is 18.9 Å². The van der Waals surface area contributed by atoms with Gasteiger partial charge in [0, 0.05) is 17.1 Å². The van der Waals surface area contributed by atoms with Crippen molar-refractivity contribution >= 4 is 46.4 Å². The van der Waals surface area contributed by atoms with Gasteiger partial charge in [0.15, 0.2) is 5.82 Å². The van der Waals surface area contributed by atoms with Gasteiger partial charge < -0.3 is 5.32 Å². The molecule has 1 fully saturated rings. The molecule has 3 aliphatic heterocycles. The van der Waals surface area contributed by atoms with Gasteiger partial charge in [-0.1, -0.05) is 60.8 Å². The molecule has 3 heterocycles. The SMILES string of the molecule is CC(C)c1[nH]n(-c2c(Cl)cc(Cl)cc2Cl)c2nc(Cc3ccc(NC(=O)[C@@H]4CCCN4C)cc3)nc(=O)c1-2. The molecule has 8 nitrogen and oxygen atoms in total. The van der Waals surface area contributed by atoms with Gasteiger partial charge in [0.2, 0.25) is 5.91 Å². The molecule has 2 aromatic carbocycles. The maximum Gasteiger partial charge on any atom is 0.284 e. The van der Waals surface area contributed by atoms with E-state index < -0.39 is 0 Å². The van der Waals surface area contributed by atoms with Crippen molar-refractivity contribution in [3.8, 4) is 17.1 Å². The summed E-state index contributed by atoms with van der Waals surface area (Å²) in [5.41, 5.74) is 2.76. The maximum atomic E-state index is 13.2. The largest absolute Gasteiger partial charge is 0.325 e. The molecule has 0 aliphatic carbocycles. The average Bonchev–Trinajstić information content (AvgIpc) is 3.44. The Bertz CT molecular complexity index is 1510. The number of likely N-dealkylation sites (tertiary alicyclic amines) is 1. The minimum Gasteiger partial charge on any atom is -0.325 e. The lowest BCUT2D eigenvalue weighted by atomic mass is 10.1. The van der Waals surface area contributed by atoms with E-state index in [-0.39, 0.29) is 23.4 Å². The fraction of sp³-hybridized carbons (Fsp3) is 0.333. The Morgan fingerprint density at radius 2 is 1.82 bits per heavy atom. The molecular formula is C27H27Cl3N6O2. The molecule has 0 saturated carbocycles. The number of amides is 1. The summed E-state index contributed by atoms with van der Waals surface area (Å²) in [6.07, 6.45) is 2.22. The summed E-state index contributed by atoms with van der Waals surface area (Å²) in [4.78, 5) is 36.9. The van der Waals surface area contributed by atoms with Crippen molar-refractivity contribution in [2.24, 2.45) is 0 Å². The minimum atomic E-state index is -0.380. The lowest BCUT2D eigenvalue weighted by molar-refractivity contribution is -0.119. The molecule has 1 saturated heterocycles. The number of nitrogens with one attached hydrogen (secondary N) is 2. The highest BCUT2D eigenvalue weighted by Crippen LogP contribution is 2.36. The fourth-order valence-corrected chi connectivity index (χ4v) is 5.85. The molecule has 0 radical (unpaired) electrons. The topological polar surface area (TPSA) is 95.9 Å². The van der Waals surface area contributed by atoms with Gasteiger partial charge >= 0.3 is 0 Å². The number of anilines is 1. The van der Waals surface area contributed by atoms with Crippen molar-refractivity contribution < 1.29 is 4.79 Å². The Hall–Kier alpha value is -2.91. The van der Waals surface area contributed by atoms with Crippen LogP contribution in [-0.4, -0.2) is 50.2 Å². The third-order valence-electron chi connectivity index (χ3n) is 6.81. The van der Waals surface area contributed by atoms with E-state index in [0.717, 1.165) is 30.6 Å². The number of nitrogens with zero attached hydrogens (tertiary/aromatic N) is 4. The summed E-state index contributed by atoms with van der Waals surface area (Å²) in [6.45, 7) is 4.87. The monoisotopic (exact) mass is 572 g/mol. The lowest BCUT2D eigenvalue weighted by Gasteiger charge is -2.18. The van der Waals surface area contributed by atoms with Crippen LogP contribution in [-0.2, 0) is 11.2 Å². The van der Waals surface area contributed by atoms with E-state index in [1.807, 2.05) is 45.2 Å². The number of fused-ring (bicyclic) bond motifs is 1. The molecule has 1 atom stereocenters. The summed E-state index contributed by atoms with van der Waals surface area (Å²) >= 11 is 19.1. The molecule has 38 heavy (non-hydrogen) atoms. The number of carbonyl (C=O) groups is 1. The smallest absolute Gasteiger partial charge is 0.284 e.